The molecule has 152 valence electrons. The number of para-hydroxylation sites is 2. The molecule has 0 bridgehead atoms. The molecule has 4 rings (SSSR count). The number of anilines is 1. The number of carbonyl (C=O) groups excluding carboxylic acids is 2. The standard InChI is InChI=1S/C22H25N3O4/c1-24-19-7-2-3-8-20(19)29-15-18(22(24)27)23-21(26)17-6-4-5-16(13-17)14-25-9-11-28-12-10-25/h2-8,13,18H,9-12,14-15H2,1H3,(H,23,26). The zero-order chi connectivity index (χ0) is 20.2. The Balaban J connectivity index is 1.44. The van der Waals surface area contributed by atoms with Crippen molar-refractivity contribution in [2.24, 2.45) is 0 Å². The second kappa shape index (κ2) is 8.63. The minimum atomic E-state index is -0.747. The molecule has 1 fully saturated rings. The number of fused-ring (bicyclic) bond motifs is 1. The molecule has 7 nitrogen and oxygen atoms in total. The molecule has 0 aromatic heterocycles. The molecule has 0 radical (unpaired) electrons. The third-order valence-corrected chi connectivity index (χ3v) is 5.27. The molecule has 2 heterocycles. The van der Waals surface area contributed by atoms with Crippen LogP contribution in [-0.2, 0) is 16.1 Å². The Morgan fingerprint density at radius 3 is 2.76 bits per heavy atom. The first-order valence-electron chi connectivity index (χ1n) is 9.81. The van der Waals surface area contributed by atoms with Gasteiger partial charge in [-0.25, -0.2) is 0 Å². The van der Waals surface area contributed by atoms with E-state index < -0.39 is 6.04 Å². The zero-order valence-electron chi connectivity index (χ0n) is 16.5. The Labute approximate surface area is 170 Å². The van der Waals surface area contributed by atoms with Crippen LogP contribution in [0.25, 0.3) is 0 Å². The molecular formula is C22H25N3O4. The number of amides is 2. The number of morpholine rings is 1. The first kappa shape index (κ1) is 19.4. The highest BCUT2D eigenvalue weighted by atomic mass is 16.5. The summed E-state index contributed by atoms with van der Waals surface area (Å²) in [6, 6.07) is 14.1. The maximum absolute atomic E-state index is 12.8. The summed E-state index contributed by atoms with van der Waals surface area (Å²) in [6.45, 7) is 4.11. The van der Waals surface area contributed by atoms with Crippen molar-refractivity contribution in [3.63, 3.8) is 0 Å². The number of hydrogen-bond acceptors (Lipinski definition) is 5. The number of nitrogens with zero attached hydrogens (tertiary/aromatic N) is 2. The minimum Gasteiger partial charge on any atom is -0.489 e. The molecule has 1 N–H and O–H groups in total. The fourth-order valence-electron chi connectivity index (χ4n) is 3.63. The first-order valence-corrected chi connectivity index (χ1v) is 9.81. The summed E-state index contributed by atoms with van der Waals surface area (Å²) in [6.07, 6.45) is 0. The van der Waals surface area contributed by atoms with Gasteiger partial charge >= 0.3 is 0 Å². The van der Waals surface area contributed by atoms with E-state index in [2.05, 4.69) is 10.2 Å². The summed E-state index contributed by atoms with van der Waals surface area (Å²) >= 11 is 0. The van der Waals surface area contributed by atoms with Crippen LogP contribution in [0.2, 0.25) is 0 Å². The molecule has 0 aliphatic carbocycles. The van der Waals surface area contributed by atoms with Gasteiger partial charge in [0.05, 0.1) is 18.9 Å². The smallest absolute Gasteiger partial charge is 0.252 e. The Bertz CT molecular complexity index is 895. The van der Waals surface area contributed by atoms with E-state index in [9.17, 15) is 9.59 Å². The highest BCUT2D eigenvalue weighted by Gasteiger charge is 2.30. The van der Waals surface area contributed by atoms with Gasteiger partial charge in [0.15, 0.2) is 0 Å². The van der Waals surface area contributed by atoms with Gasteiger partial charge in [-0.3, -0.25) is 14.5 Å². The van der Waals surface area contributed by atoms with Gasteiger partial charge in [-0.05, 0) is 29.8 Å². The van der Waals surface area contributed by atoms with Gasteiger partial charge in [0.1, 0.15) is 18.4 Å². The van der Waals surface area contributed by atoms with E-state index in [1.54, 1.807) is 13.1 Å². The summed E-state index contributed by atoms with van der Waals surface area (Å²) in [4.78, 5) is 29.5. The van der Waals surface area contributed by atoms with Crippen LogP contribution < -0.4 is 15.0 Å². The SMILES string of the molecule is CN1C(=O)C(NC(=O)c2cccc(CN3CCOCC3)c2)COc2ccccc21. The number of hydrogen-bond donors (Lipinski definition) is 1. The van der Waals surface area contributed by atoms with Crippen molar-refractivity contribution in [2.75, 3.05) is 44.9 Å². The Kier molecular flexibility index (Phi) is 5.78. The topological polar surface area (TPSA) is 71.1 Å². The molecule has 2 amide bonds. The third-order valence-electron chi connectivity index (χ3n) is 5.27. The number of rotatable bonds is 4. The Morgan fingerprint density at radius 2 is 1.93 bits per heavy atom. The molecule has 0 saturated carbocycles. The molecular weight excluding hydrogens is 370 g/mol. The fourth-order valence-corrected chi connectivity index (χ4v) is 3.63. The largest absolute Gasteiger partial charge is 0.489 e. The van der Waals surface area contributed by atoms with Crippen molar-refractivity contribution < 1.29 is 19.1 Å². The van der Waals surface area contributed by atoms with E-state index >= 15 is 0 Å². The van der Waals surface area contributed by atoms with E-state index in [0.717, 1.165) is 38.4 Å². The van der Waals surface area contributed by atoms with E-state index in [-0.39, 0.29) is 18.4 Å². The van der Waals surface area contributed by atoms with Gasteiger partial charge in [-0.1, -0.05) is 24.3 Å². The Hall–Kier alpha value is -2.90. The second-order valence-electron chi connectivity index (χ2n) is 7.29. The predicted octanol–water partition coefficient (Wildman–Crippen LogP) is 1.67. The second-order valence-corrected chi connectivity index (χ2v) is 7.29. The molecule has 2 aromatic carbocycles. The van der Waals surface area contributed by atoms with Gasteiger partial charge in [0, 0.05) is 32.2 Å². The van der Waals surface area contributed by atoms with E-state index in [1.165, 1.54) is 4.90 Å². The summed E-state index contributed by atoms with van der Waals surface area (Å²) in [5.41, 5.74) is 2.29. The fraction of sp³-hybridized carbons (Fsp3) is 0.364. The molecule has 0 spiro atoms. The highest BCUT2D eigenvalue weighted by molar-refractivity contribution is 6.03. The average molecular weight is 395 g/mol. The van der Waals surface area contributed by atoms with Gasteiger partial charge in [0.2, 0.25) is 0 Å². The van der Waals surface area contributed by atoms with Gasteiger partial charge in [0.25, 0.3) is 11.8 Å². The van der Waals surface area contributed by atoms with Crippen LogP contribution in [0, 0.1) is 0 Å². The van der Waals surface area contributed by atoms with Crippen LogP contribution in [0.1, 0.15) is 15.9 Å². The summed E-state index contributed by atoms with van der Waals surface area (Å²) in [7, 11) is 1.69. The molecule has 7 heteroatoms. The van der Waals surface area contributed by atoms with Crippen LogP contribution in [0.15, 0.2) is 48.5 Å². The van der Waals surface area contributed by atoms with Crippen LogP contribution in [0.3, 0.4) is 0 Å². The molecule has 1 saturated heterocycles. The quantitative estimate of drug-likeness (QED) is 0.853. The normalized spacial score (nSPS) is 19.8. The van der Waals surface area contributed by atoms with Crippen LogP contribution >= 0.6 is 0 Å². The molecule has 2 aliphatic heterocycles. The Morgan fingerprint density at radius 1 is 1.14 bits per heavy atom. The van der Waals surface area contributed by atoms with Gasteiger partial charge < -0.3 is 19.7 Å². The van der Waals surface area contributed by atoms with Crippen molar-refractivity contribution in [1.82, 2.24) is 10.2 Å². The van der Waals surface area contributed by atoms with Crippen LogP contribution in [0.4, 0.5) is 5.69 Å². The number of ether oxygens (including phenoxy) is 2. The summed E-state index contributed by atoms with van der Waals surface area (Å²) < 4.78 is 11.1. The number of benzene rings is 2. The van der Waals surface area contributed by atoms with Crippen molar-refractivity contribution in [3.05, 3.63) is 59.7 Å². The third kappa shape index (κ3) is 4.41. The van der Waals surface area contributed by atoms with Gasteiger partial charge in [-0.15, -0.1) is 0 Å². The van der Waals surface area contributed by atoms with Crippen molar-refractivity contribution >= 4 is 17.5 Å². The molecule has 2 aliphatic rings. The van der Waals surface area contributed by atoms with E-state index in [4.69, 9.17) is 9.47 Å². The first-order chi connectivity index (χ1) is 14.1. The number of carbonyl (C=O) groups is 2. The molecule has 1 unspecified atom stereocenters. The zero-order valence-corrected chi connectivity index (χ0v) is 16.5. The van der Waals surface area contributed by atoms with Crippen molar-refractivity contribution in [3.8, 4) is 5.75 Å². The van der Waals surface area contributed by atoms with E-state index in [1.807, 2.05) is 42.5 Å². The maximum Gasteiger partial charge on any atom is 0.252 e. The van der Waals surface area contributed by atoms with E-state index in [0.29, 0.717) is 17.0 Å². The average Bonchev–Trinajstić information content (AvgIpc) is 2.87. The summed E-state index contributed by atoms with van der Waals surface area (Å²) in [5.74, 6) is 0.149. The van der Waals surface area contributed by atoms with Gasteiger partial charge in [-0.2, -0.15) is 0 Å². The molecule has 1 atom stereocenters. The lowest BCUT2D eigenvalue weighted by molar-refractivity contribution is -0.120. The lowest BCUT2D eigenvalue weighted by atomic mass is 10.1. The van der Waals surface area contributed by atoms with Crippen LogP contribution in [0.5, 0.6) is 5.75 Å². The monoisotopic (exact) mass is 395 g/mol. The predicted molar refractivity (Wildman–Crippen MR) is 109 cm³/mol. The lowest BCUT2D eigenvalue weighted by Gasteiger charge is -2.26. The van der Waals surface area contributed by atoms with Crippen molar-refractivity contribution in [1.29, 1.82) is 0 Å². The highest BCUT2D eigenvalue weighted by Crippen LogP contribution is 2.29. The number of nitrogens with one attached hydrogen (secondary N) is 1. The lowest BCUT2D eigenvalue weighted by Crippen LogP contribution is -2.49. The van der Waals surface area contributed by atoms with Crippen LogP contribution in [-0.4, -0.2) is 62.7 Å². The minimum absolute atomic E-state index is 0.0966. The molecule has 29 heavy (non-hydrogen) atoms. The number of likely N-dealkylation sites (N-methyl/N-ethyl adjacent to an activating group) is 1. The summed E-state index contributed by atoms with van der Waals surface area (Å²) in [5, 5.41) is 2.83. The molecule has 2 aromatic rings. The van der Waals surface area contributed by atoms with Crippen molar-refractivity contribution in [2.45, 2.75) is 12.6 Å². The maximum atomic E-state index is 12.8.